The van der Waals surface area contributed by atoms with Crippen LogP contribution in [0.3, 0.4) is 0 Å². The maximum absolute atomic E-state index is 12.7. The molecule has 0 bridgehead atoms. The van der Waals surface area contributed by atoms with Crippen LogP contribution < -0.4 is 5.32 Å². The number of rotatable bonds is 7. The Kier molecular flexibility index (Phi) is 10.2. The Morgan fingerprint density at radius 2 is 1.74 bits per heavy atom. The number of likely N-dealkylation sites (N-methyl/N-ethyl adjacent to an activating group) is 1. The molecule has 2 rings (SSSR count). The number of hydrogen-bond acceptors (Lipinski definition) is 3. The van der Waals surface area contributed by atoms with Gasteiger partial charge in [0.1, 0.15) is 0 Å². The molecule has 0 aromatic heterocycles. The van der Waals surface area contributed by atoms with Gasteiger partial charge >= 0.3 is 0 Å². The number of carbonyl (C=O) groups excluding carboxylic acids is 1. The van der Waals surface area contributed by atoms with Crippen molar-refractivity contribution < 1.29 is 4.79 Å². The zero-order valence-electron chi connectivity index (χ0n) is 15.1. The third-order valence-electron chi connectivity index (χ3n) is 5.43. The van der Waals surface area contributed by atoms with Crippen molar-refractivity contribution in [2.45, 2.75) is 64.8 Å². The summed E-state index contributed by atoms with van der Waals surface area (Å²) in [7, 11) is 0. The van der Waals surface area contributed by atoms with Gasteiger partial charge in [-0.15, -0.1) is 12.4 Å². The highest BCUT2D eigenvalue weighted by atomic mass is 35.5. The molecule has 4 nitrogen and oxygen atoms in total. The van der Waals surface area contributed by atoms with E-state index in [0.717, 1.165) is 38.6 Å². The number of amides is 1. The van der Waals surface area contributed by atoms with Crippen LogP contribution in [0, 0.1) is 5.92 Å². The van der Waals surface area contributed by atoms with Gasteiger partial charge in [-0.25, -0.2) is 0 Å². The molecule has 5 heteroatoms. The van der Waals surface area contributed by atoms with E-state index in [4.69, 9.17) is 0 Å². The molecular weight excluding hydrogens is 310 g/mol. The number of nitrogens with zero attached hydrogens (tertiary/aromatic N) is 2. The van der Waals surface area contributed by atoms with Gasteiger partial charge in [0.2, 0.25) is 5.91 Å². The molecular formula is C18H36ClN3O. The normalized spacial score (nSPS) is 21.0. The van der Waals surface area contributed by atoms with Crippen molar-refractivity contribution in [3.05, 3.63) is 0 Å². The fraction of sp³-hybridized carbons (Fsp3) is 0.944. The summed E-state index contributed by atoms with van der Waals surface area (Å²) in [6.45, 7) is 10.2. The SMILES string of the molecule is CCNCC1CCN(CC(=O)N(CC)C2CCCCC2)CC1.Cl. The molecule has 1 saturated carbocycles. The number of nitrogens with one attached hydrogen (secondary N) is 1. The lowest BCUT2D eigenvalue weighted by atomic mass is 9.94. The monoisotopic (exact) mass is 345 g/mol. The van der Waals surface area contributed by atoms with Crippen molar-refractivity contribution in [2.24, 2.45) is 5.92 Å². The van der Waals surface area contributed by atoms with Gasteiger partial charge in [-0.3, -0.25) is 9.69 Å². The van der Waals surface area contributed by atoms with E-state index in [2.05, 4.69) is 29.0 Å². The molecule has 2 aliphatic rings. The first-order chi connectivity index (χ1) is 10.7. The van der Waals surface area contributed by atoms with E-state index in [0.29, 0.717) is 18.5 Å². The summed E-state index contributed by atoms with van der Waals surface area (Å²) in [5, 5.41) is 3.45. The first kappa shape index (κ1) is 20.7. The molecule has 136 valence electrons. The molecule has 1 N–H and O–H groups in total. The second-order valence-electron chi connectivity index (χ2n) is 7.00. The lowest BCUT2D eigenvalue weighted by Gasteiger charge is -2.37. The van der Waals surface area contributed by atoms with E-state index in [1.807, 2.05) is 0 Å². The molecule has 1 amide bonds. The van der Waals surface area contributed by atoms with E-state index < -0.39 is 0 Å². The van der Waals surface area contributed by atoms with E-state index in [1.165, 1.54) is 44.9 Å². The molecule has 23 heavy (non-hydrogen) atoms. The lowest BCUT2D eigenvalue weighted by molar-refractivity contribution is -0.135. The first-order valence-electron chi connectivity index (χ1n) is 9.47. The summed E-state index contributed by atoms with van der Waals surface area (Å²) in [5.74, 6) is 1.16. The van der Waals surface area contributed by atoms with Gasteiger partial charge in [0.15, 0.2) is 0 Å². The lowest BCUT2D eigenvalue weighted by Crippen LogP contribution is -2.48. The van der Waals surface area contributed by atoms with Crippen molar-refractivity contribution in [1.82, 2.24) is 15.1 Å². The second kappa shape index (κ2) is 11.3. The third-order valence-corrected chi connectivity index (χ3v) is 5.43. The highest BCUT2D eigenvalue weighted by Gasteiger charge is 2.27. The Hall–Kier alpha value is -0.320. The van der Waals surface area contributed by atoms with Gasteiger partial charge in [-0.1, -0.05) is 26.2 Å². The summed E-state index contributed by atoms with van der Waals surface area (Å²) in [4.78, 5) is 17.2. The summed E-state index contributed by atoms with van der Waals surface area (Å²) in [6, 6.07) is 0.512. The van der Waals surface area contributed by atoms with Crippen molar-refractivity contribution in [3.63, 3.8) is 0 Å². The Morgan fingerprint density at radius 1 is 1.09 bits per heavy atom. The highest BCUT2D eigenvalue weighted by molar-refractivity contribution is 5.85. The molecule has 0 spiro atoms. The largest absolute Gasteiger partial charge is 0.339 e. The Balaban J connectivity index is 0.00000264. The quantitative estimate of drug-likeness (QED) is 0.770. The van der Waals surface area contributed by atoms with Gasteiger partial charge in [-0.05, 0) is 64.7 Å². The van der Waals surface area contributed by atoms with Crippen molar-refractivity contribution in [1.29, 1.82) is 0 Å². The summed E-state index contributed by atoms with van der Waals surface area (Å²) in [5.41, 5.74) is 0. The van der Waals surface area contributed by atoms with E-state index in [-0.39, 0.29) is 12.4 Å². The van der Waals surface area contributed by atoms with Crippen molar-refractivity contribution in [2.75, 3.05) is 39.3 Å². The number of likely N-dealkylation sites (tertiary alicyclic amines) is 1. The minimum Gasteiger partial charge on any atom is -0.339 e. The first-order valence-corrected chi connectivity index (χ1v) is 9.47. The topological polar surface area (TPSA) is 35.6 Å². The molecule has 0 atom stereocenters. The maximum atomic E-state index is 12.7. The Labute approximate surface area is 148 Å². The number of piperidine rings is 1. The second-order valence-corrected chi connectivity index (χ2v) is 7.00. The van der Waals surface area contributed by atoms with Crippen LogP contribution in [-0.2, 0) is 4.79 Å². The van der Waals surface area contributed by atoms with Crippen LogP contribution in [-0.4, -0.2) is 61.0 Å². The third kappa shape index (κ3) is 6.60. The molecule has 1 aliphatic heterocycles. The van der Waals surface area contributed by atoms with Crippen LogP contribution in [0.2, 0.25) is 0 Å². The van der Waals surface area contributed by atoms with Gasteiger partial charge in [0.25, 0.3) is 0 Å². The molecule has 2 fully saturated rings. The summed E-state index contributed by atoms with van der Waals surface area (Å²) >= 11 is 0. The minimum absolute atomic E-state index is 0. The minimum atomic E-state index is 0. The smallest absolute Gasteiger partial charge is 0.236 e. The molecule has 1 aliphatic carbocycles. The van der Waals surface area contributed by atoms with Gasteiger partial charge in [0.05, 0.1) is 6.54 Å². The van der Waals surface area contributed by atoms with E-state index >= 15 is 0 Å². The van der Waals surface area contributed by atoms with E-state index in [9.17, 15) is 4.79 Å². The van der Waals surface area contributed by atoms with Gasteiger partial charge in [0, 0.05) is 12.6 Å². The number of halogens is 1. The molecule has 0 radical (unpaired) electrons. The Morgan fingerprint density at radius 3 is 2.30 bits per heavy atom. The van der Waals surface area contributed by atoms with Crippen molar-refractivity contribution >= 4 is 18.3 Å². The number of hydrogen-bond donors (Lipinski definition) is 1. The van der Waals surface area contributed by atoms with Gasteiger partial charge in [-0.2, -0.15) is 0 Å². The van der Waals surface area contributed by atoms with Crippen LogP contribution in [0.5, 0.6) is 0 Å². The molecule has 0 aromatic rings. The molecule has 0 unspecified atom stereocenters. The molecule has 1 heterocycles. The summed E-state index contributed by atoms with van der Waals surface area (Å²) < 4.78 is 0. The molecule has 0 aromatic carbocycles. The Bertz CT molecular complexity index is 326. The zero-order valence-corrected chi connectivity index (χ0v) is 15.9. The van der Waals surface area contributed by atoms with Crippen LogP contribution in [0.15, 0.2) is 0 Å². The van der Waals surface area contributed by atoms with Crippen LogP contribution in [0.1, 0.15) is 58.8 Å². The predicted octanol–water partition coefficient (Wildman–Crippen LogP) is 2.91. The average Bonchev–Trinajstić information content (AvgIpc) is 2.56. The molecule has 1 saturated heterocycles. The van der Waals surface area contributed by atoms with Crippen molar-refractivity contribution in [3.8, 4) is 0 Å². The predicted molar refractivity (Wildman–Crippen MR) is 99.2 cm³/mol. The van der Waals surface area contributed by atoms with E-state index in [1.54, 1.807) is 0 Å². The number of carbonyl (C=O) groups is 1. The van der Waals surface area contributed by atoms with Crippen LogP contribution in [0.25, 0.3) is 0 Å². The van der Waals surface area contributed by atoms with Crippen LogP contribution in [0.4, 0.5) is 0 Å². The standard InChI is InChI=1S/C18H35N3O.ClH/c1-3-19-14-16-10-12-20(13-11-16)15-18(22)21(4-2)17-8-6-5-7-9-17;/h16-17,19H,3-15H2,1-2H3;1H. The van der Waals surface area contributed by atoms with Crippen LogP contribution >= 0.6 is 12.4 Å². The average molecular weight is 346 g/mol. The fourth-order valence-electron chi connectivity index (χ4n) is 4.01. The highest BCUT2D eigenvalue weighted by Crippen LogP contribution is 2.23. The summed E-state index contributed by atoms with van der Waals surface area (Å²) in [6.07, 6.45) is 8.83. The fourth-order valence-corrected chi connectivity index (χ4v) is 4.01. The maximum Gasteiger partial charge on any atom is 0.236 e. The van der Waals surface area contributed by atoms with Gasteiger partial charge < -0.3 is 10.2 Å². The zero-order chi connectivity index (χ0) is 15.8.